The fourth-order valence-electron chi connectivity index (χ4n) is 2.91. The van der Waals surface area contributed by atoms with Crippen LogP contribution in [0.5, 0.6) is 0 Å². The van der Waals surface area contributed by atoms with Crippen LogP contribution in [-0.4, -0.2) is 24.0 Å². The summed E-state index contributed by atoms with van der Waals surface area (Å²) < 4.78 is 52.5. The normalized spacial score (nSPS) is 24.9. The van der Waals surface area contributed by atoms with Crippen molar-refractivity contribution in [1.82, 2.24) is 4.90 Å². The number of hydrogen-bond donors (Lipinski definition) is 1. The lowest BCUT2D eigenvalue weighted by molar-refractivity contribution is -0.139. The molecule has 0 aliphatic carbocycles. The second kappa shape index (κ2) is 5.69. The van der Waals surface area contributed by atoms with Crippen LogP contribution in [0.2, 0.25) is 0 Å². The zero-order chi connectivity index (χ0) is 14.9. The molecule has 0 saturated carbocycles. The molecular formula is C14H18F4N2. The van der Waals surface area contributed by atoms with Gasteiger partial charge in [-0.25, -0.2) is 4.39 Å². The van der Waals surface area contributed by atoms with E-state index in [-0.39, 0.29) is 11.6 Å². The van der Waals surface area contributed by atoms with Gasteiger partial charge in [0.25, 0.3) is 0 Å². The zero-order valence-electron chi connectivity index (χ0n) is 11.3. The summed E-state index contributed by atoms with van der Waals surface area (Å²) in [6.07, 6.45) is -3.03. The third kappa shape index (κ3) is 2.96. The molecule has 0 radical (unpaired) electrons. The highest BCUT2D eigenvalue weighted by Gasteiger charge is 2.39. The van der Waals surface area contributed by atoms with Gasteiger partial charge in [-0.1, -0.05) is 13.0 Å². The third-order valence-electron chi connectivity index (χ3n) is 3.83. The smallest absolute Gasteiger partial charge is 0.326 e. The van der Waals surface area contributed by atoms with Crippen molar-refractivity contribution in [3.05, 3.63) is 35.1 Å². The van der Waals surface area contributed by atoms with E-state index in [1.54, 1.807) is 0 Å². The maximum Gasteiger partial charge on any atom is 0.416 e. The number of halogens is 4. The van der Waals surface area contributed by atoms with Crippen molar-refractivity contribution >= 4 is 0 Å². The molecular weight excluding hydrogens is 272 g/mol. The minimum Gasteiger partial charge on any atom is -0.326 e. The molecule has 1 heterocycles. The predicted octanol–water partition coefficient (Wildman–Crippen LogP) is 3.33. The summed E-state index contributed by atoms with van der Waals surface area (Å²) in [7, 11) is 0. The minimum absolute atomic E-state index is 0.0768. The third-order valence-corrected chi connectivity index (χ3v) is 3.83. The van der Waals surface area contributed by atoms with Crippen molar-refractivity contribution in [2.24, 2.45) is 5.73 Å². The van der Waals surface area contributed by atoms with Crippen LogP contribution in [0.1, 0.15) is 36.9 Å². The van der Waals surface area contributed by atoms with E-state index < -0.39 is 23.6 Å². The van der Waals surface area contributed by atoms with Crippen molar-refractivity contribution in [1.29, 1.82) is 0 Å². The summed E-state index contributed by atoms with van der Waals surface area (Å²) in [6, 6.07) is 1.97. The van der Waals surface area contributed by atoms with Crippen molar-refractivity contribution in [2.45, 2.75) is 38.0 Å². The van der Waals surface area contributed by atoms with Crippen LogP contribution in [-0.2, 0) is 6.18 Å². The molecule has 1 fully saturated rings. The predicted molar refractivity (Wildman–Crippen MR) is 68.6 cm³/mol. The summed E-state index contributed by atoms with van der Waals surface area (Å²) >= 11 is 0. The van der Waals surface area contributed by atoms with Gasteiger partial charge >= 0.3 is 6.18 Å². The van der Waals surface area contributed by atoms with Crippen LogP contribution >= 0.6 is 0 Å². The Morgan fingerprint density at radius 3 is 2.65 bits per heavy atom. The molecule has 112 valence electrons. The van der Waals surface area contributed by atoms with E-state index in [1.165, 1.54) is 6.07 Å². The molecule has 2 nitrogen and oxygen atoms in total. The molecule has 1 aromatic rings. The first kappa shape index (κ1) is 15.3. The molecule has 1 saturated heterocycles. The molecule has 20 heavy (non-hydrogen) atoms. The Morgan fingerprint density at radius 2 is 2.05 bits per heavy atom. The number of piperidine rings is 1. The highest BCUT2D eigenvalue weighted by molar-refractivity contribution is 5.34. The quantitative estimate of drug-likeness (QED) is 0.847. The average molecular weight is 290 g/mol. The van der Waals surface area contributed by atoms with Crippen molar-refractivity contribution in [3.63, 3.8) is 0 Å². The molecule has 1 aliphatic heterocycles. The second-order valence-corrected chi connectivity index (χ2v) is 5.11. The number of nitrogens with two attached hydrogens (primary N) is 1. The Labute approximate surface area is 115 Å². The minimum atomic E-state index is -4.58. The van der Waals surface area contributed by atoms with Gasteiger partial charge in [-0.3, -0.25) is 4.90 Å². The summed E-state index contributed by atoms with van der Waals surface area (Å²) in [5, 5.41) is 0. The largest absolute Gasteiger partial charge is 0.416 e. The summed E-state index contributed by atoms with van der Waals surface area (Å²) in [5.74, 6) is -0.881. The number of likely N-dealkylation sites (tertiary alicyclic amines) is 1. The maximum atomic E-state index is 13.2. The van der Waals surface area contributed by atoms with E-state index in [4.69, 9.17) is 5.73 Å². The summed E-state index contributed by atoms with van der Waals surface area (Å²) in [5.41, 5.74) is 5.18. The first-order chi connectivity index (χ1) is 9.34. The second-order valence-electron chi connectivity index (χ2n) is 5.11. The van der Waals surface area contributed by atoms with Gasteiger partial charge in [-0.15, -0.1) is 0 Å². The van der Waals surface area contributed by atoms with E-state index in [0.717, 1.165) is 12.5 Å². The van der Waals surface area contributed by atoms with Crippen LogP contribution in [0.4, 0.5) is 17.6 Å². The SMILES string of the molecule is CCN1CCCC(N)C1c1ccc(F)cc1C(F)(F)F. The fraction of sp³-hybridized carbons (Fsp3) is 0.571. The highest BCUT2D eigenvalue weighted by Crippen LogP contribution is 2.39. The standard InChI is InChI=1S/C14H18F4N2/c1-2-20-7-3-4-12(19)13(20)10-6-5-9(15)8-11(10)14(16,17)18/h5-6,8,12-13H,2-4,7,19H2,1H3. The molecule has 2 atom stereocenters. The molecule has 0 amide bonds. The van der Waals surface area contributed by atoms with Gasteiger partial charge in [0.15, 0.2) is 0 Å². The molecule has 2 unspecified atom stereocenters. The van der Waals surface area contributed by atoms with Gasteiger partial charge in [0.2, 0.25) is 0 Å². The van der Waals surface area contributed by atoms with Gasteiger partial charge < -0.3 is 5.73 Å². The van der Waals surface area contributed by atoms with Crippen molar-refractivity contribution in [3.8, 4) is 0 Å². The molecule has 1 aromatic carbocycles. The fourth-order valence-corrected chi connectivity index (χ4v) is 2.91. The number of alkyl halides is 3. The number of hydrogen-bond acceptors (Lipinski definition) is 2. The van der Waals surface area contributed by atoms with E-state index in [9.17, 15) is 17.6 Å². The first-order valence-corrected chi connectivity index (χ1v) is 6.71. The van der Waals surface area contributed by atoms with Crippen LogP contribution in [0.25, 0.3) is 0 Å². The Kier molecular flexibility index (Phi) is 4.34. The van der Waals surface area contributed by atoms with Gasteiger partial charge in [0, 0.05) is 6.04 Å². The van der Waals surface area contributed by atoms with E-state index in [0.29, 0.717) is 25.6 Å². The Balaban J connectivity index is 2.49. The summed E-state index contributed by atoms with van der Waals surface area (Å²) in [6.45, 7) is 3.22. The Hall–Kier alpha value is -1.14. The molecule has 0 bridgehead atoms. The van der Waals surface area contributed by atoms with E-state index in [2.05, 4.69) is 0 Å². The molecule has 0 aromatic heterocycles. The van der Waals surface area contributed by atoms with Crippen molar-refractivity contribution in [2.75, 3.05) is 13.1 Å². The molecule has 1 aliphatic rings. The van der Waals surface area contributed by atoms with Crippen LogP contribution in [0.15, 0.2) is 18.2 Å². The lowest BCUT2D eigenvalue weighted by atomic mass is 9.88. The van der Waals surface area contributed by atoms with Crippen molar-refractivity contribution < 1.29 is 17.6 Å². The van der Waals surface area contributed by atoms with Gasteiger partial charge in [0.1, 0.15) is 5.82 Å². The monoisotopic (exact) mass is 290 g/mol. The van der Waals surface area contributed by atoms with Crippen LogP contribution in [0.3, 0.4) is 0 Å². The van der Waals surface area contributed by atoms with Gasteiger partial charge in [0.05, 0.1) is 11.6 Å². The van der Waals surface area contributed by atoms with E-state index >= 15 is 0 Å². The zero-order valence-corrected chi connectivity index (χ0v) is 11.3. The number of rotatable bonds is 2. The Bertz CT molecular complexity index is 473. The molecule has 2 N–H and O–H groups in total. The maximum absolute atomic E-state index is 13.2. The number of nitrogens with zero attached hydrogens (tertiary/aromatic N) is 1. The lowest BCUT2D eigenvalue weighted by Gasteiger charge is -2.40. The van der Waals surface area contributed by atoms with Gasteiger partial charge in [-0.05, 0) is 43.6 Å². The molecule has 2 rings (SSSR count). The number of likely N-dealkylation sites (N-methyl/N-ethyl adjacent to an activating group) is 1. The average Bonchev–Trinajstić information content (AvgIpc) is 2.38. The highest BCUT2D eigenvalue weighted by atomic mass is 19.4. The van der Waals surface area contributed by atoms with Crippen LogP contribution < -0.4 is 5.73 Å². The molecule has 0 spiro atoms. The van der Waals surface area contributed by atoms with Gasteiger partial charge in [-0.2, -0.15) is 13.2 Å². The Morgan fingerprint density at radius 1 is 1.35 bits per heavy atom. The molecule has 6 heteroatoms. The lowest BCUT2D eigenvalue weighted by Crippen LogP contribution is -2.46. The first-order valence-electron chi connectivity index (χ1n) is 6.71. The summed E-state index contributed by atoms with van der Waals surface area (Å²) in [4.78, 5) is 1.93. The van der Waals surface area contributed by atoms with Crippen LogP contribution in [0, 0.1) is 5.82 Å². The number of benzene rings is 1. The van der Waals surface area contributed by atoms with E-state index in [1.807, 2.05) is 11.8 Å². The topological polar surface area (TPSA) is 29.3 Å².